The van der Waals surface area contributed by atoms with Gasteiger partial charge in [0.25, 0.3) is 0 Å². The summed E-state index contributed by atoms with van der Waals surface area (Å²) in [4.78, 5) is 19.4. The lowest BCUT2D eigenvalue weighted by Gasteiger charge is -2.34. The van der Waals surface area contributed by atoms with E-state index in [0.717, 1.165) is 54.2 Å². The monoisotopic (exact) mass is 401 g/mol. The number of carbonyl (C=O) groups excluding carboxylic acids is 1. The van der Waals surface area contributed by atoms with E-state index < -0.39 is 0 Å². The number of carbonyl (C=O) groups is 1. The molecule has 1 aromatic heterocycles. The van der Waals surface area contributed by atoms with Crippen LogP contribution in [-0.4, -0.2) is 35.7 Å². The standard InChI is InChI=1S/C21H27N3O3S/c1-14-7-15(2)10-24(9-14)11-17-12-28-21(22-17)23-20(25)6-4-16-3-5-18-19(8-16)27-13-26-18/h3,5,8,12,14-15H,4,6-7,9-11,13H2,1-2H3,(H,22,23,25). The minimum atomic E-state index is -0.0150. The zero-order valence-corrected chi connectivity index (χ0v) is 17.3. The maximum atomic E-state index is 12.3. The number of benzene rings is 1. The van der Waals surface area contributed by atoms with E-state index in [2.05, 4.69) is 34.4 Å². The highest BCUT2D eigenvalue weighted by Gasteiger charge is 2.22. The van der Waals surface area contributed by atoms with Crippen LogP contribution in [0.5, 0.6) is 11.5 Å². The van der Waals surface area contributed by atoms with Crippen molar-refractivity contribution in [3.63, 3.8) is 0 Å². The average molecular weight is 402 g/mol. The van der Waals surface area contributed by atoms with Crippen LogP contribution < -0.4 is 14.8 Å². The largest absolute Gasteiger partial charge is 0.454 e. The Labute approximate surface area is 169 Å². The smallest absolute Gasteiger partial charge is 0.231 e. The number of fused-ring (bicyclic) bond motifs is 1. The molecular formula is C21H27N3O3S. The Hall–Kier alpha value is -2.12. The predicted molar refractivity (Wildman–Crippen MR) is 110 cm³/mol. The van der Waals surface area contributed by atoms with Crippen molar-refractivity contribution in [1.82, 2.24) is 9.88 Å². The van der Waals surface area contributed by atoms with Gasteiger partial charge in [0.2, 0.25) is 12.7 Å². The van der Waals surface area contributed by atoms with Crippen molar-refractivity contribution < 1.29 is 14.3 Å². The number of hydrogen-bond donors (Lipinski definition) is 1. The number of piperidine rings is 1. The normalized spacial score (nSPS) is 21.6. The van der Waals surface area contributed by atoms with E-state index in [1.165, 1.54) is 17.8 Å². The lowest BCUT2D eigenvalue weighted by molar-refractivity contribution is -0.116. The molecule has 0 spiro atoms. The first kappa shape index (κ1) is 19.2. The first-order valence-corrected chi connectivity index (χ1v) is 10.8. The highest BCUT2D eigenvalue weighted by atomic mass is 32.1. The molecule has 3 heterocycles. The maximum Gasteiger partial charge on any atom is 0.231 e. The molecule has 2 unspecified atom stereocenters. The number of rotatable bonds is 6. The minimum absolute atomic E-state index is 0.0150. The molecule has 0 saturated carbocycles. The third-order valence-electron chi connectivity index (χ3n) is 5.21. The number of anilines is 1. The van der Waals surface area contributed by atoms with E-state index in [0.29, 0.717) is 18.0 Å². The third kappa shape index (κ3) is 4.83. The third-order valence-corrected chi connectivity index (χ3v) is 6.01. The zero-order chi connectivity index (χ0) is 19.5. The number of likely N-dealkylation sites (tertiary alicyclic amines) is 1. The van der Waals surface area contributed by atoms with Gasteiger partial charge in [-0.1, -0.05) is 19.9 Å². The number of amides is 1. The fourth-order valence-corrected chi connectivity index (χ4v) is 4.84. The van der Waals surface area contributed by atoms with Gasteiger partial charge in [0.15, 0.2) is 16.6 Å². The SMILES string of the molecule is CC1CC(C)CN(Cc2csc(NC(=O)CCc3ccc4c(c3)OCO4)n2)C1. The quantitative estimate of drug-likeness (QED) is 0.795. The van der Waals surface area contributed by atoms with Crippen LogP contribution >= 0.6 is 11.3 Å². The van der Waals surface area contributed by atoms with Crippen molar-refractivity contribution in [3.8, 4) is 11.5 Å². The van der Waals surface area contributed by atoms with E-state index in [1.54, 1.807) is 0 Å². The van der Waals surface area contributed by atoms with Crippen LogP contribution in [-0.2, 0) is 17.8 Å². The fraction of sp³-hybridized carbons (Fsp3) is 0.524. The maximum absolute atomic E-state index is 12.3. The molecule has 0 bridgehead atoms. The van der Waals surface area contributed by atoms with Gasteiger partial charge in [-0.3, -0.25) is 9.69 Å². The molecule has 1 saturated heterocycles. The van der Waals surface area contributed by atoms with Crippen molar-refractivity contribution in [2.45, 2.75) is 39.7 Å². The second kappa shape index (κ2) is 8.49. The van der Waals surface area contributed by atoms with E-state index >= 15 is 0 Å². The Morgan fingerprint density at radius 2 is 2.04 bits per heavy atom. The first-order valence-electron chi connectivity index (χ1n) is 9.90. The van der Waals surface area contributed by atoms with E-state index in [1.807, 2.05) is 18.2 Å². The van der Waals surface area contributed by atoms with E-state index in [9.17, 15) is 4.79 Å². The Kier molecular flexibility index (Phi) is 5.82. The number of hydrogen-bond acceptors (Lipinski definition) is 6. The van der Waals surface area contributed by atoms with Gasteiger partial charge in [-0.25, -0.2) is 4.98 Å². The van der Waals surface area contributed by atoms with Crippen LogP contribution in [0, 0.1) is 11.8 Å². The number of thiazole rings is 1. The summed E-state index contributed by atoms with van der Waals surface area (Å²) in [6, 6.07) is 5.81. The second-order valence-corrected chi connectivity index (χ2v) is 8.88. The zero-order valence-electron chi connectivity index (χ0n) is 16.4. The molecule has 0 radical (unpaired) electrons. The van der Waals surface area contributed by atoms with Crippen molar-refractivity contribution in [2.24, 2.45) is 11.8 Å². The molecule has 150 valence electrons. The Balaban J connectivity index is 1.26. The fourth-order valence-electron chi connectivity index (χ4n) is 4.12. The first-order chi connectivity index (χ1) is 13.5. The van der Waals surface area contributed by atoms with Gasteiger partial charge < -0.3 is 14.8 Å². The molecule has 1 N–H and O–H groups in total. The van der Waals surface area contributed by atoms with Gasteiger partial charge in [0.1, 0.15) is 0 Å². The van der Waals surface area contributed by atoms with Crippen molar-refractivity contribution >= 4 is 22.4 Å². The van der Waals surface area contributed by atoms with Gasteiger partial charge in [0.05, 0.1) is 5.69 Å². The summed E-state index contributed by atoms with van der Waals surface area (Å²) in [7, 11) is 0. The molecular weight excluding hydrogens is 374 g/mol. The van der Waals surface area contributed by atoms with Gasteiger partial charge in [0, 0.05) is 31.4 Å². The second-order valence-electron chi connectivity index (χ2n) is 8.02. The summed E-state index contributed by atoms with van der Waals surface area (Å²) in [6.45, 7) is 8.00. The lowest BCUT2D eigenvalue weighted by atomic mass is 9.92. The number of nitrogens with one attached hydrogen (secondary N) is 1. The highest BCUT2D eigenvalue weighted by Crippen LogP contribution is 2.32. The Morgan fingerprint density at radius 3 is 2.86 bits per heavy atom. The number of ether oxygens (including phenoxy) is 2. The lowest BCUT2D eigenvalue weighted by Crippen LogP contribution is -2.38. The molecule has 1 fully saturated rings. The van der Waals surface area contributed by atoms with Gasteiger partial charge >= 0.3 is 0 Å². The van der Waals surface area contributed by atoms with Crippen molar-refractivity contribution in [2.75, 3.05) is 25.2 Å². The molecule has 28 heavy (non-hydrogen) atoms. The average Bonchev–Trinajstić information content (AvgIpc) is 3.28. The van der Waals surface area contributed by atoms with E-state index in [-0.39, 0.29) is 12.7 Å². The van der Waals surface area contributed by atoms with Crippen LogP contribution in [0.1, 0.15) is 37.9 Å². The van der Waals surface area contributed by atoms with Crippen molar-refractivity contribution in [1.29, 1.82) is 0 Å². The highest BCUT2D eigenvalue weighted by molar-refractivity contribution is 7.13. The topological polar surface area (TPSA) is 63.7 Å². The summed E-state index contributed by atoms with van der Waals surface area (Å²) in [5, 5.41) is 5.67. The van der Waals surface area contributed by atoms with E-state index in [4.69, 9.17) is 9.47 Å². The summed E-state index contributed by atoms with van der Waals surface area (Å²) in [6.07, 6.45) is 2.37. The molecule has 2 aliphatic heterocycles. The molecule has 1 aromatic carbocycles. The van der Waals surface area contributed by atoms with Gasteiger partial charge in [-0.05, 0) is 42.4 Å². The van der Waals surface area contributed by atoms with Crippen molar-refractivity contribution in [3.05, 3.63) is 34.8 Å². The number of nitrogens with zero attached hydrogens (tertiary/aromatic N) is 2. The molecule has 2 atom stereocenters. The molecule has 6 nitrogen and oxygen atoms in total. The summed E-state index contributed by atoms with van der Waals surface area (Å²) in [5.74, 6) is 2.97. The minimum Gasteiger partial charge on any atom is -0.454 e. The summed E-state index contributed by atoms with van der Waals surface area (Å²) < 4.78 is 10.7. The van der Waals surface area contributed by atoms with Crippen LogP contribution in [0.3, 0.4) is 0 Å². The van der Waals surface area contributed by atoms with Crippen LogP contribution in [0.15, 0.2) is 23.6 Å². The van der Waals surface area contributed by atoms with Crippen LogP contribution in [0.25, 0.3) is 0 Å². The molecule has 0 aliphatic carbocycles. The predicted octanol–water partition coefficient (Wildman–Crippen LogP) is 3.92. The Morgan fingerprint density at radius 1 is 1.25 bits per heavy atom. The molecule has 1 amide bonds. The summed E-state index contributed by atoms with van der Waals surface area (Å²) in [5.41, 5.74) is 2.10. The molecule has 7 heteroatoms. The Bertz CT molecular complexity index is 828. The molecule has 4 rings (SSSR count). The summed E-state index contributed by atoms with van der Waals surface area (Å²) >= 11 is 1.50. The van der Waals surface area contributed by atoms with Crippen LogP contribution in [0.4, 0.5) is 5.13 Å². The molecule has 2 aromatic rings. The van der Waals surface area contributed by atoms with Gasteiger partial charge in [-0.15, -0.1) is 11.3 Å². The number of aromatic nitrogens is 1. The van der Waals surface area contributed by atoms with Crippen LogP contribution in [0.2, 0.25) is 0 Å². The van der Waals surface area contributed by atoms with Gasteiger partial charge in [-0.2, -0.15) is 0 Å². The molecule has 2 aliphatic rings. The number of aryl methyl sites for hydroxylation is 1.